The molecule has 1 aliphatic heterocycles. The minimum Gasteiger partial charge on any atom is -0.392 e. The Kier molecular flexibility index (Phi) is 2.20. The van der Waals surface area contributed by atoms with Gasteiger partial charge < -0.3 is 16.2 Å². The lowest BCUT2D eigenvalue weighted by Crippen LogP contribution is -2.33. The van der Waals surface area contributed by atoms with Crippen LogP contribution in [0, 0.1) is 5.92 Å². The molecule has 1 aliphatic carbocycles. The summed E-state index contributed by atoms with van der Waals surface area (Å²) in [5.41, 5.74) is 7.86. The molecule has 0 spiro atoms. The molecule has 2 rings (SSSR count). The van der Waals surface area contributed by atoms with Crippen LogP contribution in [0.3, 0.4) is 0 Å². The van der Waals surface area contributed by atoms with Crippen LogP contribution in [0.15, 0.2) is 35.6 Å². The molecule has 0 radical (unpaired) electrons. The predicted octanol–water partition coefficient (Wildman–Crippen LogP) is -0.0945. The lowest BCUT2D eigenvalue weighted by Gasteiger charge is -2.24. The lowest BCUT2D eigenvalue weighted by atomic mass is 9.86. The maximum absolute atomic E-state index is 9.07. The summed E-state index contributed by atoms with van der Waals surface area (Å²) in [6.45, 7) is 0.696. The van der Waals surface area contributed by atoms with Crippen molar-refractivity contribution < 1.29 is 5.11 Å². The fraction of sp³-hybridized carbons (Fsp3) is 0.400. The Morgan fingerprint density at radius 2 is 2.31 bits per heavy atom. The third-order valence-corrected chi connectivity index (χ3v) is 2.68. The van der Waals surface area contributed by atoms with E-state index in [0.717, 1.165) is 5.57 Å². The minimum atomic E-state index is 0.121. The van der Waals surface area contributed by atoms with Gasteiger partial charge in [0.05, 0.1) is 12.6 Å². The molecule has 3 heteroatoms. The van der Waals surface area contributed by atoms with Crippen LogP contribution in [0.25, 0.3) is 0 Å². The number of allylic oxidation sites excluding steroid dienone is 2. The smallest absolute Gasteiger partial charge is 0.0665 e. The highest BCUT2D eigenvalue weighted by atomic mass is 16.3. The molecular formula is C10H14N2O. The largest absolute Gasteiger partial charge is 0.392 e. The van der Waals surface area contributed by atoms with E-state index < -0.39 is 0 Å². The minimum absolute atomic E-state index is 0.121. The normalized spacial score (nSPS) is 30.6. The van der Waals surface area contributed by atoms with Crippen LogP contribution in [0.2, 0.25) is 0 Å². The Morgan fingerprint density at radius 1 is 1.46 bits per heavy atom. The van der Waals surface area contributed by atoms with Crippen molar-refractivity contribution in [1.29, 1.82) is 0 Å². The first-order chi connectivity index (χ1) is 6.36. The first kappa shape index (κ1) is 8.53. The van der Waals surface area contributed by atoms with Crippen molar-refractivity contribution in [2.75, 3.05) is 13.2 Å². The fourth-order valence-corrected chi connectivity index (χ4v) is 1.93. The highest BCUT2D eigenvalue weighted by Gasteiger charge is 2.30. The zero-order valence-corrected chi connectivity index (χ0v) is 7.40. The van der Waals surface area contributed by atoms with Gasteiger partial charge in [-0.1, -0.05) is 18.2 Å². The molecule has 0 fully saturated rings. The molecule has 2 aliphatic rings. The highest BCUT2D eigenvalue weighted by molar-refractivity contribution is 5.37. The third-order valence-electron chi connectivity index (χ3n) is 2.68. The summed E-state index contributed by atoms with van der Waals surface area (Å²) in [7, 11) is 0. The molecule has 70 valence electrons. The van der Waals surface area contributed by atoms with Crippen molar-refractivity contribution in [2.45, 2.75) is 6.04 Å². The number of hydrogen-bond acceptors (Lipinski definition) is 3. The van der Waals surface area contributed by atoms with E-state index in [-0.39, 0.29) is 12.6 Å². The Labute approximate surface area is 77.6 Å². The maximum Gasteiger partial charge on any atom is 0.0665 e. The number of nitrogens with two attached hydrogens (primary N) is 1. The second-order valence-corrected chi connectivity index (χ2v) is 3.38. The van der Waals surface area contributed by atoms with Gasteiger partial charge in [-0.3, -0.25) is 0 Å². The number of nitrogens with one attached hydrogen (secondary N) is 1. The van der Waals surface area contributed by atoms with Gasteiger partial charge in [0.25, 0.3) is 0 Å². The lowest BCUT2D eigenvalue weighted by molar-refractivity contribution is 0.320. The molecule has 3 nitrogen and oxygen atoms in total. The summed E-state index contributed by atoms with van der Waals surface area (Å²) in [4.78, 5) is 0. The quantitative estimate of drug-likeness (QED) is 0.553. The molecule has 0 aromatic carbocycles. The number of aliphatic hydroxyl groups is 1. The van der Waals surface area contributed by atoms with Gasteiger partial charge in [-0.05, 0) is 17.3 Å². The van der Waals surface area contributed by atoms with Crippen LogP contribution >= 0.6 is 0 Å². The van der Waals surface area contributed by atoms with Crippen molar-refractivity contribution in [3.8, 4) is 0 Å². The summed E-state index contributed by atoms with van der Waals surface area (Å²) in [6, 6.07) is 0.275. The Bertz CT molecular complexity index is 291. The van der Waals surface area contributed by atoms with Crippen LogP contribution in [-0.2, 0) is 0 Å². The molecule has 4 N–H and O–H groups in total. The van der Waals surface area contributed by atoms with Crippen molar-refractivity contribution in [1.82, 2.24) is 5.32 Å². The molecule has 0 aromatic rings. The van der Waals surface area contributed by atoms with Gasteiger partial charge in [-0.25, -0.2) is 0 Å². The van der Waals surface area contributed by atoms with E-state index in [9.17, 15) is 0 Å². The summed E-state index contributed by atoms with van der Waals surface area (Å²) >= 11 is 0. The van der Waals surface area contributed by atoms with Gasteiger partial charge in [-0.2, -0.15) is 0 Å². The Hall–Kier alpha value is -1.06. The van der Waals surface area contributed by atoms with Crippen molar-refractivity contribution in [3.05, 3.63) is 35.6 Å². The van der Waals surface area contributed by atoms with Gasteiger partial charge in [0, 0.05) is 12.5 Å². The molecule has 0 amide bonds. The first-order valence-electron chi connectivity index (χ1n) is 4.50. The molecule has 13 heavy (non-hydrogen) atoms. The van der Waals surface area contributed by atoms with Crippen LogP contribution in [0.5, 0.6) is 0 Å². The van der Waals surface area contributed by atoms with E-state index in [1.807, 2.05) is 18.4 Å². The average Bonchev–Trinajstić information content (AvgIpc) is 2.60. The predicted molar refractivity (Wildman–Crippen MR) is 51.9 cm³/mol. The molecule has 1 heterocycles. The molecule has 2 atom stereocenters. The number of rotatable bonds is 2. The van der Waals surface area contributed by atoms with E-state index in [4.69, 9.17) is 10.8 Å². The first-order valence-corrected chi connectivity index (χ1v) is 4.50. The molecule has 2 unspecified atom stereocenters. The fourth-order valence-electron chi connectivity index (χ4n) is 1.93. The molecule has 0 bridgehead atoms. The Morgan fingerprint density at radius 3 is 3.00 bits per heavy atom. The molecule has 0 saturated heterocycles. The van der Waals surface area contributed by atoms with E-state index in [2.05, 4.69) is 11.4 Å². The molecular weight excluding hydrogens is 164 g/mol. The number of fused-ring (bicyclic) bond motifs is 1. The SMILES string of the molecule is NCC1=CC=CC2C(CO)=CNC12. The van der Waals surface area contributed by atoms with E-state index in [1.54, 1.807) is 0 Å². The zero-order valence-electron chi connectivity index (χ0n) is 7.40. The standard InChI is InChI=1S/C10H14N2O/c11-4-7-2-1-3-9-8(6-13)5-12-10(7)9/h1-3,5,9-10,12-13H,4,6,11H2. The molecule has 0 aromatic heterocycles. The zero-order chi connectivity index (χ0) is 9.26. The van der Waals surface area contributed by atoms with Crippen molar-refractivity contribution in [2.24, 2.45) is 11.7 Å². The van der Waals surface area contributed by atoms with E-state index in [0.29, 0.717) is 12.5 Å². The number of aliphatic hydroxyl groups excluding tert-OH is 1. The second-order valence-electron chi connectivity index (χ2n) is 3.38. The summed E-state index contributed by atoms with van der Waals surface area (Å²) in [5, 5.41) is 12.3. The van der Waals surface area contributed by atoms with Crippen molar-refractivity contribution in [3.63, 3.8) is 0 Å². The number of hydrogen-bond donors (Lipinski definition) is 3. The summed E-state index contributed by atoms with van der Waals surface area (Å²) < 4.78 is 0. The van der Waals surface area contributed by atoms with Crippen LogP contribution in [-0.4, -0.2) is 24.3 Å². The van der Waals surface area contributed by atoms with E-state index >= 15 is 0 Å². The highest BCUT2D eigenvalue weighted by Crippen LogP contribution is 2.29. The van der Waals surface area contributed by atoms with Gasteiger partial charge >= 0.3 is 0 Å². The summed E-state index contributed by atoms with van der Waals surface area (Å²) in [6.07, 6.45) is 8.06. The third kappa shape index (κ3) is 1.30. The Balaban J connectivity index is 2.21. The van der Waals surface area contributed by atoms with Crippen LogP contribution in [0.1, 0.15) is 0 Å². The van der Waals surface area contributed by atoms with Crippen LogP contribution in [0.4, 0.5) is 0 Å². The monoisotopic (exact) mass is 178 g/mol. The molecule has 0 saturated carbocycles. The van der Waals surface area contributed by atoms with Gasteiger partial charge in [0.15, 0.2) is 0 Å². The van der Waals surface area contributed by atoms with Crippen molar-refractivity contribution >= 4 is 0 Å². The van der Waals surface area contributed by atoms with Gasteiger partial charge in [0.1, 0.15) is 0 Å². The topological polar surface area (TPSA) is 58.3 Å². The van der Waals surface area contributed by atoms with E-state index in [1.165, 1.54) is 5.57 Å². The second kappa shape index (κ2) is 3.36. The van der Waals surface area contributed by atoms with Gasteiger partial charge in [0.2, 0.25) is 0 Å². The van der Waals surface area contributed by atoms with Crippen LogP contribution < -0.4 is 11.1 Å². The summed E-state index contributed by atoms with van der Waals surface area (Å²) in [5.74, 6) is 0.300. The maximum atomic E-state index is 9.07. The van der Waals surface area contributed by atoms with Gasteiger partial charge in [-0.15, -0.1) is 0 Å². The average molecular weight is 178 g/mol.